The molecule has 1 fully saturated rings. The van der Waals surface area contributed by atoms with Crippen LogP contribution in [0.2, 0.25) is 0 Å². The molecule has 156 valence electrons. The first-order valence-corrected chi connectivity index (χ1v) is 10.8. The number of methoxy groups -OCH3 is 1. The molecule has 2 heterocycles. The minimum atomic E-state index is 0.0248. The summed E-state index contributed by atoms with van der Waals surface area (Å²) >= 11 is 1.57. The van der Waals surface area contributed by atoms with Crippen molar-refractivity contribution in [3.8, 4) is 10.6 Å². The van der Waals surface area contributed by atoms with Gasteiger partial charge in [0.25, 0.3) is 0 Å². The molecule has 2 aromatic rings. The maximum absolute atomic E-state index is 12.6. The second-order valence-electron chi connectivity index (χ2n) is 7.04. The van der Waals surface area contributed by atoms with Gasteiger partial charge in [-0.1, -0.05) is 30.3 Å². The quantitative estimate of drug-likeness (QED) is 0.629. The Bertz CT molecular complexity index is 788. The number of benzene rings is 1. The molecule has 0 spiro atoms. The number of nitrogens with zero attached hydrogens (tertiary/aromatic N) is 3. The van der Waals surface area contributed by atoms with Gasteiger partial charge in [0.05, 0.1) is 18.7 Å². The molecular formula is C21H28N4O3S. The summed E-state index contributed by atoms with van der Waals surface area (Å²) in [4.78, 5) is 33.2. The van der Waals surface area contributed by atoms with E-state index in [-0.39, 0.29) is 11.8 Å². The predicted molar refractivity (Wildman–Crippen MR) is 114 cm³/mol. The summed E-state index contributed by atoms with van der Waals surface area (Å²) in [6.45, 7) is 4.36. The highest BCUT2D eigenvalue weighted by Crippen LogP contribution is 2.23. The maximum atomic E-state index is 12.6. The highest BCUT2D eigenvalue weighted by Gasteiger charge is 2.23. The van der Waals surface area contributed by atoms with E-state index in [4.69, 9.17) is 4.74 Å². The van der Waals surface area contributed by atoms with Crippen LogP contribution in [-0.2, 0) is 20.7 Å². The first-order chi connectivity index (χ1) is 14.2. The van der Waals surface area contributed by atoms with E-state index in [2.05, 4.69) is 15.2 Å². The van der Waals surface area contributed by atoms with Crippen molar-refractivity contribution >= 4 is 23.2 Å². The first kappa shape index (κ1) is 21.4. The van der Waals surface area contributed by atoms with E-state index in [9.17, 15) is 9.59 Å². The number of carbonyl (C=O) groups is 2. The minimum Gasteiger partial charge on any atom is -0.385 e. The van der Waals surface area contributed by atoms with Crippen LogP contribution >= 0.6 is 11.3 Å². The Kier molecular flexibility index (Phi) is 8.15. The lowest BCUT2D eigenvalue weighted by atomic mass is 10.2. The van der Waals surface area contributed by atoms with E-state index in [0.29, 0.717) is 52.3 Å². The topological polar surface area (TPSA) is 74.8 Å². The Hall–Kier alpha value is -2.29. The van der Waals surface area contributed by atoms with Crippen LogP contribution in [0.25, 0.3) is 10.6 Å². The predicted octanol–water partition coefficient (Wildman–Crippen LogP) is 1.65. The van der Waals surface area contributed by atoms with Crippen LogP contribution in [0.5, 0.6) is 0 Å². The van der Waals surface area contributed by atoms with Crippen LogP contribution < -0.4 is 5.32 Å². The molecule has 0 radical (unpaired) electrons. The molecule has 0 unspecified atom stereocenters. The summed E-state index contributed by atoms with van der Waals surface area (Å²) < 4.78 is 4.97. The normalized spacial score (nSPS) is 14.7. The fraction of sp³-hybridized carbons (Fsp3) is 0.476. The molecule has 7 nitrogen and oxygen atoms in total. The first-order valence-electron chi connectivity index (χ1n) is 9.91. The van der Waals surface area contributed by atoms with Crippen molar-refractivity contribution in [2.75, 3.05) is 53.0 Å². The van der Waals surface area contributed by atoms with Crippen LogP contribution in [-0.4, -0.2) is 79.6 Å². The number of rotatable bonds is 9. The fourth-order valence-electron chi connectivity index (χ4n) is 3.23. The highest BCUT2D eigenvalue weighted by molar-refractivity contribution is 7.13. The molecule has 1 N–H and O–H groups in total. The smallest absolute Gasteiger partial charge is 0.234 e. The number of ether oxygens (including phenoxy) is 1. The second kappa shape index (κ2) is 11.0. The van der Waals surface area contributed by atoms with Crippen molar-refractivity contribution in [1.29, 1.82) is 0 Å². The van der Waals surface area contributed by atoms with Gasteiger partial charge in [-0.25, -0.2) is 4.98 Å². The Labute approximate surface area is 175 Å². The summed E-state index contributed by atoms with van der Waals surface area (Å²) in [5.41, 5.74) is 1.89. The molecule has 1 aliphatic rings. The van der Waals surface area contributed by atoms with Crippen LogP contribution in [0.4, 0.5) is 0 Å². The zero-order valence-corrected chi connectivity index (χ0v) is 17.6. The van der Waals surface area contributed by atoms with Crippen LogP contribution in [0.1, 0.15) is 12.1 Å². The van der Waals surface area contributed by atoms with Crippen molar-refractivity contribution in [2.24, 2.45) is 0 Å². The van der Waals surface area contributed by atoms with Crippen molar-refractivity contribution in [2.45, 2.75) is 12.8 Å². The molecule has 0 bridgehead atoms. The van der Waals surface area contributed by atoms with Crippen molar-refractivity contribution in [3.05, 3.63) is 41.4 Å². The molecular weight excluding hydrogens is 388 g/mol. The average Bonchev–Trinajstić information content (AvgIpc) is 3.21. The third-order valence-corrected chi connectivity index (χ3v) is 5.78. The van der Waals surface area contributed by atoms with E-state index < -0.39 is 0 Å². The van der Waals surface area contributed by atoms with E-state index in [1.165, 1.54) is 0 Å². The monoisotopic (exact) mass is 416 g/mol. The van der Waals surface area contributed by atoms with Gasteiger partial charge in [-0.15, -0.1) is 11.3 Å². The number of nitrogens with one attached hydrogen (secondary N) is 1. The Morgan fingerprint density at radius 3 is 2.66 bits per heavy atom. The van der Waals surface area contributed by atoms with Gasteiger partial charge in [0.1, 0.15) is 5.01 Å². The van der Waals surface area contributed by atoms with Gasteiger partial charge in [0, 0.05) is 57.4 Å². The van der Waals surface area contributed by atoms with Gasteiger partial charge in [-0.05, 0) is 6.42 Å². The largest absolute Gasteiger partial charge is 0.385 e. The van der Waals surface area contributed by atoms with Crippen molar-refractivity contribution < 1.29 is 14.3 Å². The lowest BCUT2D eigenvalue weighted by molar-refractivity contribution is -0.132. The third kappa shape index (κ3) is 6.62. The van der Waals surface area contributed by atoms with Gasteiger partial charge >= 0.3 is 0 Å². The lowest BCUT2D eigenvalue weighted by Gasteiger charge is -2.34. The number of amides is 2. The zero-order chi connectivity index (χ0) is 20.5. The van der Waals surface area contributed by atoms with Crippen LogP contribution in [0.15, 0.2) is 35.7 Å². The van der Waals surface area contributed by atoms with Gasteiger partial charge in [0.15, 0.2) is 0 Å². The molecule has 1 aromatic carbocycles. The van der Waals surface area contributed by atoms with Gasteiger partial charge in [0.2, 0.25) is 11.8 Å². The molecule has 0 saturated carbocycles. The molecule has 1 aromatic heterocycles. The van der Waals surface area contributed by atoms with Crippen LogP contribution in [0, 0.1) is 0 Å². The maximum Gasteiger partial charge on any atom is 0.234 e. The number of hydrogen-bond donors (Lipinski definition) is 1. The summed E-state index contributed by atoms with van der Waals surface area (Å²) in [6, 6.07) is 10.0. The minimum absolute atomic E-state index is 0.0248. The Morgan fingerprint density at radius 1 is 1.17 bits per heavy atom. The number of thiazole rings is 1. The SMILES string of the molecule is COCCCNC(=O)CN1CCN(C(=O)Cc2csc(-c3ccccc3)n2)CC1. The molecule has 0 atom stereocenters. The molecule has 1 aliphatic heterocycles. The lowest BCUT2D eigenvalue weighted by Crippen LogP contribution is -2.51. The number of hydrogen-bond acceptors (Lipinski definition) is 6. The van der Waals surface area contributed by atoms with Crippen LogP contribution in [0.3, 0.4) is 0 Å². The van der Waals surface area contributed by atoms with E-state index >= 15 is 0 Å². The van der Waals surface area contributed by atoms with E-state index in [1.807, 2.05) is 40.6 Å². The molecule has 0 aliphatic carbocycles. The van der Waals surface area contributed by atoms with E-state index in [0.717, 1.165) is 22.7 Å². The second-order valence-corrected chi connectivity index (χ2v) is 7.90. The summed E-state index contributed by atoms with van der Waals surface area (Å²) in [5.74, 6) is 0.121. The molecule has 3 rings (SSSR count). The summed E-state index contributed by atoms with van der Waals surface area (Å²) in [6.07, 6.45) is 1.14. The van der Waals surface area contributed by atoms with E-state index in [1.54, 1.807) is 18.4 Å². The number of aromatic nitrogens is 1. The van der Waals surface area contributed by atoms with Gasteiger partial charge in [-0.2, -0.15) is 0 Å². The summed E-state index contributed by atoms with van der Waals surface area (Å²) in [5, 5.41) is 5.80. The molecule has 8 heteroatoms. The Morgan fingerprint density at radius 2 is 1.93 bits per heavy atom. The molecule has 29 heavy (non-hydrogen) atoms. The van der Waals surface area contributed by atoms with Gasteiger partial charge in [-0.3, -0.25) is 14.5 Å². The zero-order valence-electron chi connectivity index (χ0n) is 16.8. The Balaban J connectivity index is 1.40. The van der Waals surface area contributed by atoms with Crippen molar-refractivity contribution in [1.82, 2.24) is 20.1 Å². The average molecular weight is 417 g/mol. The molecule has 1 saturated heterocycles. The third-order valence-electron chi connectivity index (χ3n) is 4.84. The molecule has 2 amide bonds. The van der Waals surface area contributed by atoms with Gasteiger partial charge < -0.3 is 15.0 Å². The van der Waals surface area contributed by atoms with Crippen molar-refractivity contribution in [3.63, 3.8) is 0 Å². The fourth-order valence-corrected chi connectivity index (χ4v) is 4.05. The number of carbonyl (C=O) groups excluding carboxylic acids is 2. The number of piperazine rings is 1. The standard InChI is InChI=1S/C21H28N4O3S/c1-28-13-5-8-22-19(26)15-24-9-11-25(12-10-24)20(27)14-18-16-29-21(23-18)17-6-3-2-4-7-17/h2-4,6-7,16H,5,8-15H2,1H3,(H,22,26). The highest BCUT2D eigenvalue weighted by atomic mass is 32.1. The summed E-state index contributed by atoms with van der Waals surface area (Å²) in [7, 11) is 1.65.